The summed E-state index contributed by atoms with van der Waals surface area (Å²) in [6, 6.07) is 62.5. The van der Waals surface area contributed by atoms with Crippen LogP contribution in [0.2, 0.25) is 0 Å². The minimum Gasteiger partial charge on any atom is -0.309 e. The van der Waals surface area contributed by atoms with Gasteiger partial charge in [0.15, 0.2) is 0 Å². The molecule has 1 aliphatic rings. The number of rotatable bonds is 7. The Morgan fingerprint density at radius 2 is 1.21 bits per heavy atom. The average Bonchev–Trinajstić information content (AvgIpc) is 3.91. The predicted octanol–water partition coefficient (Wildman–Crippen LogP) is 14.8. The molecule has 0 bridgehead atoms. The predicted molar refractivity (Wildman–Crippen MR) is 248 cm³/mol. The molecule has 0 saturated carbocycles. The van der Waals surface area contributed by atoms with Gasteiger partial charge in [-0.25, -0.2) is 0 Å². The quantitative estimate of drug-likeness (QED) is 0.144. The second-order valence-corrected chi connectivity index (χ2v) is 15.4. The Hall–Kier alpha value is -7.42. The molecular weight excluding hydrogens is 701 g/mol. The van der Waals surface area contributed by atoms with E-state index >= 15 is 0 Å². The van der Waals surface area contributed by atoms with Gasteiger partial charge in [0.25, 0.3) is 0 Å². The first-order chi connectivity index (χ1) is 28.6. The van der Waals surface area contributed by atoms with Crippen molar-refractivity contribution in [1.82, 2.24) is 9.13 Å². The molecule has 0 aliphatic heterocycles. The molecule has 8 aromatic carbocycles. The summed E-state index contributed by atoms with van der Waals surface area (Å²) in [5.41, 5.74) is 16.9. The van der Waals surface area contributed by atoms with Crippen LogP contribution in [0.1, 0.15) is 29.2 Å². The summed E-state index contributed by atoms with van der Waals surface area (Å²) in [4.78, 5) is 0. The molecule has 1 aliphatic carbocycles. The molecule has 2 aromatic heterocycles. The molecule has 0 atom stereocenters. The fourth-order valence-electron chi connectivity index (χ4n) is 9.34. The third-order valence-corrected chi connectivity index (χ3v) is 12.0. The minimum absolute atomic E-state index is 0.820. The van der Waals surface area contributed by atoms with Gasteiger partial charge < -0.3 is 9.13 Å². The number of para-hydroxylation sites is 2. The lowest BCUT2D eigenvalue weighted by atomic mass is 9.93. The summed E-state index contributed by atoms with van der Waals surface area (Å²) < 4.78 is 4.86. The summed E-state index contributed by atoms with van der Waals surface area (Å²) in [6.07, 6.45) is 11.4. The van der Waals surface area contributed by atoms with Crippen LogP contribution < -0.4 is 0 Å². The molecule has 0 N–H and O–H groups in total. The van der Waals surface area contributed by atoms with Crippen molar-refractivity contribution in [3.05, 3.63) is 229 Å². The molecule has 0 fully saturated rings. The van der Waals surface area contributed by atoms with Crippen LogP contribution in [0.5, 0.6) is 0 Å². The summed E-state index contributed by atoms with van der Waals surface area (Å²) in [5, 5.41) is 7.50. The molecule has 2 heterocycles. The zero-order chi connectivity index (χ0) is 38.7. The van der Waals surface area contributed by atoms with Crippen LogP contribution in [0, 0.1) is 0 Å². The Balaban J connectivity index is 1.04. The fraction of sp³-hybridized carbons (Fsp3) is 0.0357. The van der Waals surface area contributed by atoms with Crippen molar-refractivity contribution in [3.8, 4) is 22.5 Å². The highest BCUT2D eigenvalue weighted by atomic mass is 15.0. The van der Waals surface area contributed by atoms with Gasteiger partial charge in [-0.1, -0.05) is 146 Å². The van der Waals surface area contributed by atoms with Gasteiger partial charge in [0.05, 0.1) is 22.1 Å². The number of aromatic nitrogens is 2. The van der Waals surface area contributed by atoms with E-state index in [1.807, 2.05) is 13.0 Å². The van der Waals surface area contributed by atoms with E-state index in [2.05, 4.69) is 210 Å². The third-order valence-electron chi connectivity index (χ3n) is 12.0. The van der Waals surface area contributed by atoms with Gasteiger partial charge in [0.1, 0.15) is 0 Å². The normalized spacial score (nSPS) is 13.0. The monoisotopic (exact) mass is 740 g/mol. The summed E-state index contributed by atoms with van der Waals surface area (Å²) in [6.45, 7) is 6.57. The summed E-state index contributed by atoms with van der Waals surface area (Å²) in [5.74, 6) is 0. The molecule has 10 aromatic rings. The maximum absolute atomic E-state index is 4.54. The second kappa shape index (κ2) is 13.7. The fourth-order valence-corrected chi connectivity index (χ4v) is 9.34. The topological polar surface area (TPSA) is 9.86 Å². The van der Waals surface area contributed by atoms with Gasteiger partial charge in [-0.2, -0.15) is 0 Å². The molecule has 11 rings (SSSR count). The van der Waals surface area contributed by atoms with Gasteiger partial charge >= 0.3 is 0 Å². The molecule has 0 saturated heterocycles. The maximum Gasteiger partial charge on any atom is 0.0619 e. The van der Waals surface area contributed by atoms with Gasteiger partial charge in [0, 0.05) is 38.3 Å². The zero-order valence-corrected chi connectivity index (χ0v) is 32.4. The van der Waals surface area contributed by atoms with Gasteiger partial charge in [-0.3, -0.25) is 0 Å². The van der Waals surface area contributed by atoms with Crippen LogP contribution >= 0.6 is 0 Å². The number of benzene rings is 8. The number of fused-ring (bicyclic) bond motifs is 9. The highest BCUT2D eigenvalue weighted by Gasteiger charge is 2.21. The van der Waals surface area contributed by atoms with E-state index in [1.54, 1.807) is 0 Å². The van der Waals surface area contributed by atoms with Crippen LogP contribution in [0.15, 0.2) is 206 Å². The van der Waals surface area contributed by atoms with Crippen LogP contribution in [0.25, 0.3) is 88.5 Å². The maximum atomic E-state index is 4.54. The summed E-state index contributed by atoms with van der Waals surface area (Å²) in [7, 11) is 0. The molecule has 0 unspecified atom stereocenters. The molecule has 2 nitrogen and oxygen atoms in total. The first-order valence-corrected chi connectivity index (χ1v) is 20.1. The van der Waals surface area contributed by atoms with Gasteiger partial charge in [0.2, 0.25) is 0 Å². The first kappa shape index (κ1) is 33.9. The second-order valence-electron chi connectivity index (χ2n) is 15.4. The summed E-state index contributed by atoms with van der Waals surface area (Å²) >= 11 is 0. The van der Waals surface area contributed by atoms with Crippen molar-refractivity contribution in [2.75, 3.05) is 0 Å². The Morgan fingerprint density at radius 1 is 0.517 bits per heavy atom. The average molecular weight is 741 g/mol. The van der Waals surface area contributed by atoms with E-state index in [-0.39, 0.29) is 0 Å². The lowest BCUT2D eigenvalue weighted by Crippen LogP contribution is -1.99. The zero-order valence-electron chi connectivity index (χ0n) is 32.4. The number of allylic oxidation sites excluding steroid dienone is 6. The van der Waals surface area contributed by atoms with Crippen LogP contribution in [0.4, 0.5) is 0 Å². The Kier molecular flexibility index (Phi) is 7.97. The molecule has 0 spiro atoms. The minimum atomic E-state index is 0.820. The van der Waals surface area contributed by atoms with Crippen molar-refractivity contribution in [3.63, 3.8) is 0 Å². The van der Waals surface area contributed by atoms with E-state index < -0.39 is 0 Å². The number of hydrogen-bond acceptors (Lipinski definition) is 0. The highest BCUT2D eigenvalue weighted by molar-refractivity contribution is 6.19. The molecule has 274 valence electrons. The number of hydrogen-bond donors (Lipinski definition) is 0. The van der Waals surface area contributed by atoms with E-state index in [9.17, 15) is 0 Å². The van der Waals surface area contributed by atoms with E-state index in [0.717, 1.165) is 17.7 Å². The Morgan fingerprint density at radius 3 is 2.03 bits per heavy atom. The van der Waals surface area contributed by atoms with Crippen LogP contribution in [-0.2, 0) is 6.42 Å². The lowest BCUT2D eigenvalue weighted by molar-refractivity contribution is 1.13. The Bertz CT molecular complexity index is 3380. The number of nitrogens with zero attached hydrogens (tertiary/aromatic N) is 2. The molecule has 0 radical (unpaired) electrons. The van der Waals surface area contributed by atoms with Crippen molar-refractivity contribution < 1.29 is 0 Å². The molecule has 2 heteroatoms. The van der Waals surface area contributed by atoms with Crippen LogP contribution in [0.3, 0.4) is 0 Å². The lowest BCUT2D eigenvalue weighted by Gasteiger charge is -2.14. The molecule has 58 heavy (non-hydrogen) atoms. The van der Waals surface area contributed by atoms with Crippen LogP contribution in [-0.4, -0.2) is 9.13 Å². The van der Waals surface area contributed by atoms with Crippen molar-refractivity contribution in [2.24, 2.45) is 0 Å². The third kappa shape index (κ3) is 5.41. The van der Waals surface area contributed by atoms with E-state index in [1.165, 1.54) is 99.0 Å². The van der Waals surface area contributed by atoms with Gasteiger partial charge in [-0.15, -0.1) is 0 Å². The van der Waals surface area contributed by atoms with E-state index in [4.69, 9.17) is 0 Å². The smallest absolute Gasteiger partial charge is 0.0619 e. The highest BCUT2D eigenvalue weighted by Crippen LogP contribution is 2.41. The molecular formula is C56H40N2. The van der Waals surface area contributed by atoms with Crippen molar-refractivity contribution >= 4 is 66.0 Å². The van der Waals surface area contributed by atoms with Crippen molar-refractivity contribution in [2.45, 2.75) is 13.3 Å². The largest absolute Gasteiger partial charge is 0.309 e. The Labute approximate surface area is 338 Å². The van der Waals surface area contributed by atoms with E-state index in [0.29, 0.717) is 0 Å². The SMILES string of the molecule is C=C1C(/C=C\C=C/C)=Cc2cccc(Cc3cccc(-n4c5ccc(-c6ccc7c(c6)c6ccccc6n7-c6ccccc6)cc5c5ccc6ccccc6c54)c3)c21. The standard InChI is InChI=1S/C56H40N2/c1-3-4-6-17-40-34-44-19-14-18-43(55(44)37(40)2)32-38-15-13-22-46(33-38)58-54-31-28-42(36-51(54)49-29-26-39-16-9-10-23-47(39)56(49)58)41-27-30-53-50(35-41)48-24-11-12-25-52(48)57(53)45-20-7-5-8-21-45/h3-31,33-36H,2,32H2,1H3/b4-3-,17-6-. The molecule has 0 amide bonds. The van der Waals surface area contributed by atoms with Crippen molar-refractivity contribution in [1.29, 1.82) is 0 Å². The van der Waals surface area contributed by atoms with Gasteiger partial charge in [-0.05, 0) is 124 Å². The first-order valence-electron chi connectivity index (χ1n) is 20.1.